The zero-order valence-corrected chi connectivity index (χ0v) is 11.7. The fourth-order valence-corrected chi connectivity index (χ4v) is 2.74. The number of nitrogens with zero attached hydrogens (tertiary/aromatic N) is 1. The van der Waals surface area contributed by atoms with Crippen LogP contribution in [-0.2, 0) is 14.3 Å². The van der Waals surface area contributed by atoms with E-state index in [0.717, 1.165) is 39.0 Å². The van der Waals surface area contributed by atoms with Crippen LogP contribution in [0.15, 0.2) is 0 Å². The third-order valence-electron chi connectivity index (χ3n) is 3.94. The van der Waals surface area contributed by atoms with Gasteiger partial charge in [0.2, 0.25) is 5.91 Å². The van der Waals surface area contributed by atoms with Gasteiger partial charge in [0.15, 0.2) is 0 Å². The van der Waals surface area contributed by atoms with Gasteiger partial charge in [0.1, 0.15) is 0 Å². The number of rotatable bonds is 5. The number of hydrogen-bond acceptors (Lipinski definition) is 4. The number of piperidine rings is 1. The largest absolute Gasteiger partial charge is 0.376 e. The number of carbonyl (C=O) groups is 1. The summed E-state index contributed by atoms with van der Waals surface area (Å²) in [5.41, 5.74) is 5.41. The van der Waals surface area contributed by atoms with E-state index in [1.807, 2.05) is 4.90 Å². The van der Waals surface area contributed by atoms with Crippen LogP contribution in [-0.4, -0.2) is 55.9 Å². The molecule has 1 atom stereocenters. The van der Waals surface area contributed by atoms with Crippen molar-refractivity contribution in [1.29, 1.82) is 0 Å². The summed E-state index contributed by atoms with van der Waals surface area (Å²) in [6, 6.07) is 0. The average molecular weight is 270 g/mol. The fourth-order valence-electron chi connectivity index (χ4n) is 2.74. The number of amides is 1. The van der Waals surface area contributed by atoms with E-state index in [1.165, 1.54) is 12.8 Å². The minimum absolute atomic E-state index is 0.177. The van der Waals surface area contributed by atoms with Crippen molar-refractivity contribution in [2.45, 2.75) is 50.7 Å². The van der Waals surface area contributed by atoms with Crippen LogP contribution in [0.2, 0.25) is 0 Å². The van der Waals surface area contributed by atoms with E-state index in [-0.39, 0.29) is 18.1 Å². The number of carbonyl (C=O) groups excluding carboxylic acids is 1. The van der Waals surface area contributed by atoms with Gasteiger partial charge in [-0.2, -0.15) is 0 Å². The summed E-state index contributed by atoms with van der Waals surface area (Å²) in [5.74, 6) is 0.177. The van der Waals surface area contributed by atoms with Gasteiger partial charge in [-0.3, -0.25) is 4.79 Å². The molecule has 2 aliphatic rings. The fraction of sp³-hybridized carbons (Fsp3) is 0.929. The van der Waals surface area contributed by atoms with Crippen molar-refractivity contribution in [3.05, 3.63) is 0 Å². The molecule has 2 heterocycles. The predicted molar refractivity (Wildman–Crippen MR) is 72.8 cm³/mol. The van der Waals surface area contributed by atoms with E-state index in [2.05, 4.69) is 0 Å². The topological polar surface area (TPSA) is 64.8 Å². The first-order chi connectivity index (χ1) is 9.29. The highest BCUT2D eigenvalue weighted by molar-refractivity contribution is 5.76. The second-order valence-corrected chi connectivity index (χ2v) is 5.44. The Hall–Kier alpha value is -0.650. The van der Waals surface area contributed by atoms with E-state index in [4.69, 9.17) is 15.2 Å². The monoisotopic (exact) mass is 270 g/mol. The minimum Gasteiger partial charge on any atom is -0.376 e. The molecule has 2 N–H and O–H groups in total. The molecule has 0 aromatic heterocycles. The molecule has 2 rings (SSSR count). The van der Waals surface area contributed by atoms with Crippen LogP contribution in [0.4, 0.5) is 0 Å². The van der Waals surface area contributed by atoms with Crippen LogP contribution in [0.5, 0.6) is 0 Å². The van der Waals surface area contributed by atoms with Crippen LogP contribution in [0.3, 0.4) is 0 Å². The Morgan fingerprint density at radius 1 is 1.26 bits per heavy atom. The van der Waals surface area contributed by atoms with E-state index < -0.39 is 0 Å². The maximum atomic E-state index is 11.7. The first kappa shape index (κ1) is 14.8. The lowest BCUT2D eigenvalue weighted by Gasteiger charge is -2.33. The molecule has 0 bridgehead atoms. The zero-order chi connectivity index (χ0) is 13.5. The summed E-state index contributed by atoms with van der Waals surface area (Å²) in [4.78, 5) is 13.6. The highest BCUT2D eigenvalue weighted by Crippen LogP contribution is 2.18. The van der Waals surface area contributed by atoms with Crippen LogP contribution in [0, 0.1) is 0 Å². The summed E-state index contributed by atoms with van der Waals surface area (Å²) >= 11 is 0. The number of nitrogens with two attached hydrogens (primary N) is 1. The Morgan fingerprint density at radius 3 is 2.68 bits per heavy atom. The van der Waals surface area contributed by atoms with Gasteiger partial charge in [0, 0.05) is 32.7 Å². The van der Waals surface area contributed by atoms with Gasteiger partial charge in [0.05, 0.1) is 18.8 Å². The van der Waals surface area contributed by atoms with Crippen LogP contribution in [0.25, 0.3) is 0 Å². The van der Waals surface area contributed by atoms with Gasteiger partial charge < -0.3 is 20.1 Å². The highest BCUT2D eigenvalue weighted by Gasteiger charge is 2.24. The molecule has 5 nitrogen and oxygen atoms in total. The third-order valence-corrected chi connectivity index (χ3v) is 3.94. The van der Waals surface area contributed by atoms with Gasteiger partial charge in [-0.25, -0.2) is 0 Å². The van der Waals surface area contributed by atoms with Crippen molar-refractivity contribution in [2.75, 3.05) is 32.8 Å². The van der Waals surface area contributed by atoms with Crippen molar-refractivity contribution in [1.82, 2.24) is 4.90 Å². The normalized spacial score (nSPS) is 25.5. The molecular formula is C14H26N2O3. The summed E-state index contributed by atoms with van der Waals surface area (Å²) in [5, 5.41) is 0. The smallest absolute Gasteiger partial charge is 0.223 e. The summed E-state index contributed by atoms with van der Waals surface area (Å²) < 4.78 is 11.6. The molecule has 2 aliphatic heterocycles. The lowest BCUT2D eigenvalue weighted by Crippen LogP contribution is -2.42. The Balaban J connectivity index is 1.61. The maximum Gasteiger partial charge on any atom is 0.223 e. The number of ether oxygens (including phenoxy) is 2. The molecular weight excluding hydrogens is 244 g/mol. The Labute approximate surface area is 115 Å². The molecule has 5 heteroatoms. The first-order valence-corrected chi connectivity index (χ1v) is 7.50. The van der Waals surface area contributed by atoms with E-state index >= 15 is 0 Å². The van der Waals surface area contributed by atoms with Gasteiger partial charge in [-0.15, -0.1) is 0 Å². The number of likely N-dealkylation sites (tertiary alicyclic amines) is 1. The first-order valence-electron chi connectivity index (χ1n) is 7.50. The van der Waals surface area contributed by atoms with Crippen molar-refractivity contribution in [2.24, 2.45) is 5.73 Å². The van der Waals surface area contributed by atoms with E-state index in [9.17, 15) is 4.79 Å². The number of hydrogen-bond donors (Lipinski definition) is 1. The lowest BCUT2D eigenvalue weighted by molar-refractivity contribution is -0.134. The lowest BCUT2D eigenvalue weighted by atomic mass is 10.1. The average Bonchev–Trinajstić information content (AvgIpc) is 2.47. The van der Waals surface area contributed by atoms with Crippen molar-refractivity contribution >= 4 is 5.91 Å². The summed E-state index contributed by atoms with van der Waals surface area (Å²) in [7, 11) is 0. The Bertz CT molecular complexity index is 272. The minimum atomic E-state index is 0.177. The molecule has 2 saturated heterocycles. The van der Waals surface area contributed by atoms with Crippen LogP contribution >= 0.6 is 0 Å². The Kier molecular flexibility index (Phi) is 6.07. The molecule has 0 aromatic carbocycles. The van der Waals surface area contributed by atoms with Crippen molar-refractivity contribution in [3.63, 3.8) is 0 Å². The van der Waals surface area contributed by atoms with Crippen LogP contribution in [0.1, 0.15) is 38.5 Å². The maximum absolute atomic E-state index is 11.7. The molecule has 19 heavy (non-hydrogen) atoms. The van der Waals surface area contributed by atoms with Gasteiger partial charge in [-0.1, -0.05) is 0 Å². The summed E-state index contributed by atoms with van der Waals surface area (Å²) in [6.07, 6.45) is 6.44. The molecule has 0 aliphatic carbocycles. The van der Waals surface area contributed by atoms with E-state index in [0.29, 0.717) is 19.6 Å². The quantitative estimate of drug-likeness (QED) is 0.806. The third kappa shape index (κ3) is 4.75. The van der Waals surface area contributed by atoms with Gasteiger partial charge in [-0.05, 0) is 32.1 Å². The van der Waals surface area contributed by atoms with Gasteiger partial charge in [0.25, 0.3) is 0 Å². The predicted octanol–water partition coefficient (Wildman–Crippen LogP) is 0.912. The second-order valence-electron chi connectivity index (χ2n) is 5.44. The van der Waals surface area contributed by atoms with Crippen LogP contribution < -0.4 is 5.73 Å². The zero-order valence-electron chi connectivity index (χ0n) is 11.7. The summed E-state index contributed by atoms with van der Waals surface area (Å²) in [6.45, 7) is 3.62. The molecule has 110 valence electrons. The van der Waals surface area contributed by atoms with E-state index in [1.54, 1.807) is 0 Å². The van der Waals surface area contributed by atoms with Crippen molar-refractivity contribution in [3.8, 4) is 0 Å². The second kappa shape index (κ2) is 7.82. The molecule has 0 radical (unpaired) electrons. The molecule has 1 amide bonds. The SMILES string of the molecule is NCCC(=O)N1CCC(OCC2CCCCO2)CC1. The molecule has 1 unspecified atom stereocenters. The highest BCUT2D eigenvalue weighted by atomic mass is 16.5. The standard InChI is InChI=1S/C14H26N2O3/c15-7-4-14(17)16-8-5-12(6-9-16)19-11-13-3-1-2-10-18-13/h12-13H,1-11,15H2. The molecule has 0 saturated carbocycles. The Morgan fingerprint density at radius 2 is 2.05 bits per heavy atom. The van der Waals surface area contributed by atoms with Gasteiger partial charge >= 0.3 is 0 Å². The molecule has 0 spiro atoms. The molecule has 0 aromatic rings. The molecule has 2 fully saturated rings. The van der Waals surface area contributed by atoms with Crippen molar-refractivity contribution < 1.29 is 14.3 Å².